The zero-order valence-electron chi connectivity index (χ0n) is 11.5. The third kappa shape index (κ3) is 3.16. The molecule has 0 fully saturated rings. The van der Waals surface area contributed by atoms with Crippen molar-refractivity contribution in [1.29, 1.82) is 0 Å². The number of hydrogen-bond acceptors (Lipinski definition) is 0. The number of pyridine rings is 1. The average molecular weight is 228 g/mol. The van der Waals surface area contributed by atoms with E-state index >= 15 is 0 Å². The van der Waals surface area contributed by atoms with Crippen LogP contribution in [0.5, 0.6) is 0 Å². The molecular formula is C16H22N+. The molecule has 0 aliphatic carbocycles. The van der Waals surface area contributed by atoms with E-state index in [4.69, 9.17) is 0 Å². The van der Waals surface area contributed by atoms with Gasteiger partial charge in [-0.1, -0.05) is 26.0 Å². The fourth-order valence-electron chi connectivity index (χ4n) is 1.78. The minimum absolute atomic E-state index is 1.26. The van der Waals surface area contributed by atoms with Gasteiger partial charge in [0, 0.05) is 12.1 Å². The number of H-pyrrole nitrogens is 1. The van der Waals surface area contributed by atoms with Gasteiger partial charge in [0.25, 0.3) is 0 Å². The second-order valence-electron chi connectivity index (χ2n) is 4.02. The summed E-state index contributed by atoms with van der Waals surface area (Å²) < 4.78 is 0. The van der Waals surface area contributed by atoms with Crippen LogP contribution in [0.1, 0.15) is 30.5 Å². The van der Waals surface area contributed by atoms with Crippen LogP contribution in [0.4, 0.5) is 0 Å². The van der Waals surface area contributed by atoms with Gasteiger partial charge in [-0.05, 0) is 48.6 Å². The summed E-state index contributed by atoms with van der Waals surface area (Å²) in [5, 5.41) is 0. The second-order valence-corrected chi connectivity index (χ2v) is 4.02. The first kappa shape index (κ1) is 13.4. The molecule has 1 aromatic heterocycles. The topological polar surface area (TPSA) is 14.1 Å². The Morgan fingerprint density at radius 3 is 1.71 bits per heavy atom. The van der Waals surface area contributed by atoms with Crippen LogP contribution >= 0.6 is 0 Å². The van der Waals surface area contributed by atoms with Crippen LogP contribution in [0, 0.1) is 20.8 Å². The molecule has 0 saturated heterocycles. The van der Waals surface area contributed by atoms with Crippen LogP contribution in [-0.2, 0) is 0 Å². The summed E-state index contributed by atoms with van der Waals surface area (Å²) in [7, 11) is 0. The van der Waals surface area contributed by atoms with Crippen LogP contribution < -0.4 is 4.98 Å². The highest BCUT2D eigenvalue weighted by molar-refractivity contribution is 5.65. The van der Waals surface area contributed by atoms with Gasteiger partial charge < -0.3 is 0 Å². The van der Waals surface area contributed by atoms with Gasteiger partial charge in [-0.25, -0.2) is 4.98 Å². The Morgan fingerprint density at radius 2 is 1.24 bits per heavy atom. The predicted octanol–water partition coefficient (Wildman–Crippen LogP) is 4.12. The Hall–Kier alpha value is -1.63. The van der Waals surface area contributed by atoms with Crippen LogP contribution in [0.25, 0.3) is 11.1 Å². The van der Waals surface area contributed by atoms with E-state index in [2.05, 4.69) is 50.0 Å². The van der Waals surface area contributed by atoms with Crippen molar-refractivity contribution in [2.24, 2.45) is 0 Å². The van der Waals surface area contributed by atoms with Gasteiger partial charge in [0.1, 0.15) is 0 Å². The molecule has 0 saturated carbocycles. The van der Waals surface area contributed by atoms with Crippen LogP contribution in [-0.4, -0.2) is 0 Å². The molecule has 1 heteroatoms. The molecular weight excluding hydrogens is 206 g/mol. The molecule has 0 unspecified atom stereocenters. The minimum atomic E-state index is 1.26. The standard InChI is InChI=1S/C14H15N.C2H6/c1-10-8-14(9-11(2)12(10)3)13-4-6-15-7-5-13;1-2/h4-9H,1-3H3;1-2H3/p+1. The molecule has 0 amide bonds. The van der Waals surface area contributed by atoms with E-state index in [1.807, 2.05) is 26.2 Å². The second kappa shape index (κ2) is 6.19. The van der Waals surface area contributed by atoms with Crippen molar-refractivity contribution < 1.29 is 4.98 Å². The Bertz CT molecular complexity index is 449. The Morgan fingerprint density at radius 1 is 0.765 bits per heavy atom. The number of rotatable bonds is 1. The van der Waals surface area contributed by atoms with Gasteiger partial charge in [0.15, 0.2) is 12.4 Å². The summed E-state index contributed by atoms with van der Waals surface area (Å²) in [6, 6.07) is 8.70. The Balaban J connectivity index is 0.000000686. The van der Waals surface area contributed by atoms with Crippen molar-refractivity contribution >= 4 is 0 Å². The van der Waals surface area contributed by atoms with Crippen molar-refractivity contribution in [2.45, 2.75) is 34.6 Å². The molecule has 0 atom stereocenters. The van der Waals surface area contributed by atoms with E-state index in [-0.39, 0.29) is 0 Å². The highest BCUT2D eigenvalue weighted by Crippen LogP contribution is 2.23. The summed E-state index contributed by atoms with van der Waals surface area (Å²) in [5.74, 6) is 0. The summed E-state index contributed by atoms with van der Waals surface area (Å²) in [6.45, 7) is 10.5. The first-order valence-electron chi connectivity index (χ1n) is 6.23. The average Bonchev–Trinajstić information content (AvgIpc) is 2.39. The molecule has 0 aliphatic heterocycles. The van der Waals surface area contributed by atoms with Crippen molar-refractivity contribution in [1.82, 2.24) is 0 Å². The number of benzene rings is 1. The Labute approximate surface area is 105 Å². The number of hydrogen-bond donors (Lipinski definition) is 0. The van der Waals surface area contributed by atoms with E-state index < -0.39 is 0 Å². The van der Waals surface area contributed by atoms with E-state index in [9.17, 15) is 0 Å². The maximum Gasteiger partial charge on any atom is 0.167 e. The molecule has 0 bridgehead atoms. The van der Waals surface area contributed by atoms with Crippen molar-refractivity contribution in [3.05, 3.63) is 53.3 Å². The van der Waals surface area contributed by atoms with E-state index in [0.29, 0.717) is 0 Å². The highest BCUT2D eigenvalue weighted by atomic mass is 14.6. The molecule has 17 heavy (non-hydrogen) atoms. The number of nitrogens with one attached hydrogen (secondary N) is 1. The van der Waals surface area contributed by atoms with Gasteiger partial charge >= 0.3 is 0 Å². The molecule has 0 radical (unpaired) electrons. The molecule has 2 rings (SSSR count). The van der Waals surface area contributed by atoms with Gasteiger partial charge in [-0.3, -0.25) is 0 Å². The smallest absolute Gasteiger partial charge is 0.167 e. The first-order chi connectivity index (χ1) is 8.18. The number of aromatic amines is 1. The summed E-state index contributed by atoms with van der Waals surface area (Å²) in [6.07, 6.45) is 3.92. The zero-order valence-corrected chi connectivity index (χ0v) is 11.5. The summed E-state index contributed by atoms with van der Waals surface area (Å²) in [4.78, 5) is 3.04. The van der Waals surface area contributed by atoms with Crippen LogP contribution in [0.2, 0.25) is 0 Å². The lowest BCUT2D eigenvalue weighted by Gasteiger charge is -2.08. The Kier molecular flexibility index (Phi) is 4.89. The van der Waals surface area contributed by atoms with Crippen molar-refractivity contribution in [3.63, 3.8) is 0 Å². The van der Waals surface area contributed by atoms with E-state index in [0.717, 1.165) is 0 Å². The summed E-state index contributed by atoms with van der Waals surface area (Å²) in [5.41, 5.74) is 6.67. The third-order valence-corrected chi connectivity index (χ3v) is 2.98. The molecule has 90 valence electrons. The van der Waals surface area contributed by atoms with Crippen molar-refractivity contribution in [3.8, 4) is 11.1 Å². The largest absolute Gasteiger partial charge is 0.218 e. The maximum atomic E-state index is 3.04. The van der Waals surface area contributed by atoms with Gasteiger partial charge in [-0.2, -0.15) is 0 Å². The molecule has 1 heterocycles. The fraction of sp³-hybridized carbons (Fsp3) is 0.312. The minimum Gasteiger partial charge on any atom is -0.218 e. The van der Waals surface area contributed by atoms with E-state index in [1.54, 1.807) is 0 Å². The van der Waals surface area contributed by atoms with E-state index in [1.165, 1.54) is 27.8 Å². The fourth-order valence-corrected chi connectivity index (χ4v) is 1.78. The summed E-state index contributed by atoms with van der Waals surface area (Å²) >= 11 is 0. The van der Waals surface area contributed by atoms with Crippen molar-refractivity contribution in [2.75, 3.05) is 0 Å². The SMILES string of the molecule is CC.Cc1cc(-c2cc[nH+]cc2)cc(C)c1C. The molecule has 0 spiro atoms. The molecule has 2 aromatic rings. The van der Waals surface area contributed by atoms with Gasteiger partial charge in [0.05, 0.1) is 0 Å². The predicted molar refractivity (Wildman–Crippen MR) is 74.0 cm³/mol. The molecule has 1 nitrogen and oxygen atoms in total. The van der Waals surface area contributed by atoms with Gasteiger partial charge in [-0.15, -0.1) is 0 Å². The molecule has 0 aliphatic rings. The monoisotopic (exact) mass is 228 g/mol. The quantitative estimate of drug-likeness (QED) is 0.697. The molecule has 1 N–H and O–H groups in total. The normalized spacial score (nSPS) is 9.47. The maximum absolute atomic E-state index is 3.04. The lowest BCUT2D eigenvalue weighted by molar-refractivity contribution is -0.377. The van der Waals surface area contributed by atoms with Gasteiger partial charge in [0.2, 0.25) is 0 Å². The highest BCUT2D eigenvalue weighted by Gasteiger charge is 2.03. The first-order valence-corrected chi connectivity index (χ1v) is 6.23. The number of aryl methyl sites for hydroxylation is 2. The number of aromatic nitrogens is 1. The lowest BCUT2D eigenvalue weighted by atomic mass is 9.97. The molecule has 1 aromatic carbocycles. The lowest BCUT2D eigenvalue weighted by Crippen LogP contribution is -1.97. The van der Waals surface area contributed by atoms with Crippen LogP contribution in [0.15, 0.2) is 36.7 Å². The third-order valence-electron chi connectivity index (χ3n) is 2.98. The zero-order chi connectivity index (χ0) is 12.8. The van der Waals surface area contributed by atoms with Crippen LogP contribution in [0.3, 0.4) is 0 Å².